The third-order valence-corrected chi connectivity index (χ3v) is 5.41. The monoisotopic (exact) mass is 303 g/mol. The number of carbonyl (C=O) groups is 1. The number of nitrogens with one attached hydrogen (secondary N) is 1. The number of thioether (sulfide) groups is 1. The van der Waals surface area contributed by atoms with Crippen LogP contribution in [0.3, 0.4) is 0 Å². The maximum atomic E-state index is 12.3. The van der Waals surface area contributed by atoms with Gasteiger partial charge in [-0.3, -0.25) is 4.79 Å². The van der Waals surface area contributed by atoms with E-state index in [1.54, 1.807) is 0 Å². The summed E-state index contributed by atoms with van der Waals surface area (Å²) in [6, 6.07) is 0. The Morgan fingerprint density at radius 2 is 2.30 bits per heavy atom. The van der Waals surface area contributed by atoms with Crippen molar-refractivity contribution < 1.29 is 14.6 Å². The van der Waals surface area contributed by atoms with Gasteiger partial charge in [-0.05, 0) is 50.8 Å². The molecule has 5 heteroatoms. The Morgan fingerprint density at radius 3 is 2.90 bits per heavy atom. The second kappa shape index (κ2) is 8.90. The summed E-state index contributed by atoms with van der Waals surface area (Å²) >= 11 is 1.88. The number of carbonyl (C=O) groups excluding carboxylic acids is 1. The molecule has 2 N–H and O–H groups in total. The van der Waals surface area contributed by atoms with E-state index in [0.29, 0.717) is 17.8 Å². The highest BCUT2D eigenvalue weighted by Crippen LogP contribution is 2.38. The van der Waals surface area contributed by atoms with Gasteiger partial charge in [-0.25, -0.2) is 0 Å². The van der Waals surface area contributed by atoms with Gasteiger partial charge in [0, 0.05) is 11.9 Å². The lowest BCUT2D eigenvalue weighted by Gasteiger charge is -2.28. The molecule has 20 heavy (non-hydrogen) atoms. The SMILES string of the molecule is CCCNC1(C(=O)OCC)CCC(SCC(C)CO)C1. The van der Waals surface area contributed by atoms with E-state index in [1.807, 2.05) is 18.7 Å². The van der Waals surface area contributed by atoms with Crippen LogP contribution in [0.15, 0.2) is 0 Å². The fourth-order valence-corrected chi connectivity index (χ4v) is 3.94. The number of hydrogen-bond acceptors (Lipinski definition) is 5. The summed E-state index contributed by atoms with van der Waals surface area (Å²) in [6.07, 6.45) is 3.75. The first-order chi connectivity index (χ1) is 9.57. The number of ether oxygens (including phenoxy) is 1. The second-order valence-electron chi connectivity index (χ2n) is 5.72. The van der Waals surface area contributed by atoms with E-state index in [4.69, 9.17) is 9.84 Å². The predicted octanol–water partition coefficient (Wildman–Crippen LogP) is 2.20. The summed E-state index contributed by atoms with van der Waals surface area (Å²) < 4.78 is 5.27. The molecule has 0 aromatic carbocycles. The first-order valence-electron chi connectivity index (χ1n) is 7.72. The third kappa shape index (κ3) is 4.93. The summed E-state index contributed by atoms with van der Waals surface area (Å²) in [7, 11) is 0. The van der Waals surface area contributed by atoms with Crippen molar-refractivity contribution in [2.45, 2.75) is 57.2 Å². The van der Waals surface area contributed by atoms with Crippen molar-refractivity contribution in [2.75, 3.05) is 25.5 Å². The zero-order valence-electron chi connectivity index (χ0n) is 13.0. The summed E-state index contributed by atoms with van der Waals surface area (Å²) in [5.74, 6) is 1.18. The molecule has 1 aliphatic rings. The molecule has 0 heterocycles. The first kappa shape index (κ1) is 17.8. The number of hydrogen-bond donors (Lipinski definition) is 2. The molecule has 0 amide bonds. The van der Waals surface area contributed by atoms with Crippen molar-refractivity contribution in [3.8, 4) is 0 Å². The van der Waals surface area contributed by atoms with E-state index in [9.17, 15) is 4.79 Å². The normalized spacial score (nSPS) is 27.5. The molecule has 3 atom stereocenters. The molecule has 1 rings (SSSR count). The number of aliphatic hydroxyl groups is 1. The quantitative estimate of drug-likeness (QED) is 0.640. The molecule has 0 aromatic heterocycles. The summed E-state index contributed by atoms with van der Waals surface area (Å²) in [5, 5.41) is 13.0. The van der Waals surface area contributed by atoms with Crippen molar-refractivity contribution in [3.05, 3.63) is 0 Å². The Hall–Kier alpha value is -0.260. The molecular weight excluding hydrogens is 274 g/mol. The molecule has 1 saturated carbocycles. The highest BCUT2D eigenvalue weighted by Gasteiger charge is 2.46. The molecule has 1 fully saturated rings. The smallest absolute Gasteiger partial charge is 0.326 e. The Morgan fingerprint density at radius 1 is 1.55 bits per heavy atom. The molecular formula is C15H29NO3S. The van der Waals surface area contributed by atoms with Crippen LogP contribution in [0.2, 0.25) is 0 Å². The molecule has 0 aliphatic heterocycles. The van der Waals surface area contributed by atoms with Gasteiger partial charge >= 0.3 is 5.97 Å². The van der Waals surface area contributed by atoms with Gasteiger partial charge in [-0.1, -0.05) is 13.8 Å². The van der Waals surface area contributed by atoms with Gasteiger partial charge in [-0.15, -0.1) is 0 Å². The Balaban J connectivity index is 2.56. The van der Waals surface area contributed by atoms with Crippen molar-refractivity contribution >= 4 is 17.7 Å². The molecule has 3 unspecified atom stereocenters. The van der Waals surface area contributed by atoms with Crippen LogP contribution in [0.25, 0.3) is 0 Å². The fourth-order valence-electron chi connectivity index (χ4n) is 2.55. The molecule has 118 valence electrons. The molecule has 0 aromatic rings. The maximum Gasteiger partial charge on any atom is 0.326 e. The Bertz CT molecular complexity index is 301. The number of aliphatic hydroxyl groups excluding tert-OH is 1. The standard InChI is InChI=1S/C15H29NO3S/c1-4-8-16-15(14(18)19-5-2)7-6-13(9-15)20-11-12(3)10-17/h12-13,16-17H,4-11H2,1-3H3. The van der Waals surface area contributed by atoms with Crippen molar-refractivity contribution in [2.24, 2.45) is 5.92 Å². The van der Waals surface area contributed by atoms with Crippen LogP contribution >= 0.6 is 11.8 Å². The van der Waals surface area contributed by atoms with E-state index < -0.39 is 5.54 Å². The Labute approximate surface area is 127 Å². The highest BCUT2D eigenvalue weighted by atomic mass is 32.2. The lowest BCUT2D eigenvalue weighted by atomic mass is 9.97. The van der Waals surface area contributed by atoms with Crippen LogP contribution in [-0.4, -0.2) is 47.4 Å². The van der Waals surface area contributed by atoms with E-state index in [1.165, 1.54) is 0 Å². The Kier molecular flexibility index (Phi) is 7.92. The zero-order chi connectivity index (χ0) is 15.0. The van der Waals surface area contributed by atoms with Crippen LogP contribution < -0.4 is 5.32 Å². The highest BCUT2D eigenvalue weighted by molar-refractivity contribution is 7.99. The average Bonchev–Trinajstić information content (AvgIpc) is 2.87. The largest absolute Gasteiger partial charge is 0.465 e. The molecule has 0 saturated heterocycles. The topological polar surface area (TPSA) is 58.6 Å². The lowest BCUT2D eigenvalue weighted by Crippen LogP contribution is -2.51. The van der Waals surface area contributed by atoms with Crippen LogP contribution in [-0.2, 0) is 9.53 Å². The third-order valence-electron chi connectivity index (χ3n) is 3.78. The van der Waals surface area contributed by atoms with Gasteiger partial charge in [0.05, 0.1) is 6.61 Å². The first-order valence-corrected chi connectivity index (χ1v) is 8.77. The van der Waals surface area contributed by atoms with Crippen LogP contribution in [0.1, 0.15) is 46.5 Å². The van der Waals surface area contributed by atoms with Crippen molar-refractivity contribution in [1.82, 2.24) is 5.32 Å². The molecule has 0 bridgehead atoms. The van der Waals surface area contributed by atoms with E-state index in [2.05, 4.69) is 19.2 Å². The average molecular weight is 303 g/mol. The minimum absolute atomic E-state index is 0.0910. The van der Waals surface area contributed by atoms with E-state index in [0.717, 1.165) is 38.0 Å². The molecule has 4 nitrogen and oxygen atoms in total. The van der Waals surface area contributed by atoms with Crippen molar-refractivity contribution in [1.29, 1.82) is 0 Å². The summed E-state index contributed by atoms with van der Waals surface area (Å²) in [4.78, 5) is 12.3. The fraction of sp³-hybridized carbons (Fsp3) is 0.933. The van der Waals surface area contributed by atoms with Crippen LogP contribution in [0.5, 0.6) is 0 Å². The molecule has 1 aliphatic carbocycles. The number of rotatable bonds is 9. The zero-order valence-corrected chi connectivity index (χ0v) is 13.8. The lowest BCUT2D eigenvalue weighted by molar-refractivity contribution is -0.151. The van der Waals surface area contributed by atoms with E-state index >= 15 is 0 Å². The summed E-state index contributed by atoms with van der Waals surface area (Å²) in [5.41, 5.74) is -0.480. The second-order valence-corrected chi connectivity index (χ2v) is 7.05. The van der Waals surface area contributed by atoms with Gasteiger partial charge in [-0.2, -0.15) is 11.8 Å². The molecule has 0 radical (unpaired) electrons. The van der Waals surface area contributed by atoms with Crippen molar-refractivity contribution in [3.63, 3.8) is 0 Å². The van der Waals surface area contributed by atoms with Crippen LogP contribution in [0, 0.1) is 5.92 Å². The van der Waals surface area contributed by atoms with E-state index in [-0.39, 0.29) is 12.6 Å². The van der Waals surface area contributed by atoms with Crippen LogP contribution in [0.4, 0.5) is 0 Å². The van der Waals surface area contributed by atoms with Gasteiger partial charge in [0.1, 0.15) is 5.54 Å². The van der Waals surface area contributed by atoms with Gasteiger partial charge in [0.2, 0.25) is 0 Å². The minimum Gasteiger partial charge on any atom is -0.465 e. The predicted molar refractivity (Wildman–Crippen MR) is 84.0 cm³/mol. The van der Waals surface area contributed by atoms with Gasteiger partial charge in [0.15, 0.2) is 0 Å². The maximum absolute atomic E-state index is 12.3. The van der Waals surface area contributed by atoms with Gasteiger partial charge < -0.3 is 15.2 Å². The minimum atomic E-state index is -0.480. The number of esters is 1. The van der Waals surface area contributed by atoms with Gasteiger partial charge in [0.25, 0.3) is 0 Å². The summed E-state index contributed by atoms with van der Waals surface area (Å²) in [6.45, 7) is 7.54. The molecule has 0 spiro atoms.